The van der Waals surface area contributed by atoms with Crippen molar-refractivity contribution in [2.45, 2.75) is 38.5 Å². The van der Waals surface area contributed by atoms with Crippen molar-refractivity contribution in [3.8, 4) is 11.3 Å². The Hall–Kier alpha value is -1.94. The largest absolute Gasteiger partial charge is 0.369 e. The van der Waals surface area contributed by atoms with Crippen molar-refractivity contribution in [3.05, 3.63) is 47.4 Å². The first kappa shape index (κ1) is 16.5. The van der Waals surface area contributed by atoms with Crippen LogP contribution in [0.25, 0.3) is 11.3 Å². The Morgan fingerprint density at radius 2 is 1.64 bits per heavy atom. The molecule has 1 saturated heterocycles. The summed E-state index contributed by atoms with van der Waals surface area (Å²) in [6.45, 7) is 4.14. The van der Waals surface area contributed by atoms with Gasteiger partial charge < -0.3 is 10.2 Å². The van der Waals surface area contributed by atoms with E-state index >= 15 is 0 Å². The number of piperazine rings is 1. The van der Waals surface area contributed by atoms with Crippen LogP contribution in [0.3, 0.4) is 0 Å². The summed E-state index contributed by atoms with van der Waals surface area (Å²) in [5.41, 5.74) is 6.05. The van der Waals surface area contributed by atoms with Crippen LogP contribution in [-0.4, -0.2) is 31.2 Å². The van der Waals surface area contributed by atoms with Gasteiger partial charge in [-0.15, -0.1) is 0 Å². The molecule has 1 aliphatic carbocycles. The van der Waals surface area contributed by atoms with E-state index in [4.69, 9.17) is 4.98 Å². The molecule has 4 heteroatoms. The van der Waals surface area contributed by atoms with E-state index in [0.29, 0.717) is 0 Å². The molecule has 2 heterocycles. The molecule has 2 aliphatic rings. The molecule has 132 valence electrons. The van der Waals surface area contributed by atoms with Crippen LogP contribution in [0.1, 0.15) is 36.9 Å². The Labute approximate surface area is 149 Å². The molecular formula is C21H26FN3. The lowest BCUT2D eigenvalue weighted by atomic mass is 9.94. The van der Waals surface area contributed by atoms with E-state index in [2.05, 4.69) is 16.3 Å². The van der Waals surface area contributed by atoms with Crippen LogP contribution in [0.5, 0.6) is 0 Å². The second-order valence-corrected chi connectivity index (χ2v) is 7.11. The maximum absolute atomic E-state index is 13.3. The number of rotatable bonds is 2. The summed E-state index contributed by atoms with van der Waals surface area (Å²) in [6, 6.07) is 8.97. The van der Waals surface area contributed by atoms with Crippen molar-refractivity contribution in [3.63, 3.8) is 0 Å². The molecule has 1 aromatic heterocycles. The first-order valence-electron chi connectivity index (χ1n) is 9.56. The van der Waals surface area contributed by atoms with Gasteiger partial charge in [-0.25, -0.2) is 4.39 Å². The fraction of sp³-hybridized carbons (Fsp3) is 0.476. The molecule has 0 saturated carbocycles. The lowest BCUT2D eigenvalue weighted by Crippen LogP contribution is -2.44. The van der Waals surface area contributed by atoms with Crippen LogP contribution in [0.15, 0.2) is 30.3 Å². The zero-order valence-corrected chi connectivity index (χ0v) is 14.7. The highest BCUT2D eigenvalue weighted by molar-refractivity contribution is 5.68. The molecule has 1 fully saturated rings. The molecule has 4 rings (SSSR count). The maximum Gasteiger partial charge on any atom is 0.123 e. The van der Waals surface area contributed by atoms with E-state index in [9.17, 15) is 4.39 Å². The number of pyridine rings is 1. The predicted octanol–water partition coefficient (Wildman–Crippen LogP) is 3.96. The molecule has 1 aromatic carbocycles. The van der Waals surface area contributed by atoms with Crippen LogP contribution >= 0.6 is 0 Å². The number of nitrogens with one attached hydrogen (secondary N) is 1. The molecule has 25 heavy (non-hydrogen) atoms. The van der Waals surface area contributed by atoms with E-state index in [0.717, 1.165) is 50.3 Å². The molecule has 0 unspecified atom stereocenters. The molecule has 3 nitrogen and oxygen atoms in total. The summed E-state index contributed by atoms with van der Waals surface area (Å²) in [4.78, 5) is 7.51. The predicted molar refractivity (Wildman–Crippen MR) is 101 cm³/mol. The zero-order chi connectivity index (χ0) is 17.1. The first-order chi connectivity index (χ1) is 12.3. The molecule has 1 aliphatic heterocycles. The number of anilines is 1. The third-order valence-electron chi connectivity index (χ3n) is 5.37. The van der Waals surface area contributed by atoms with Crippen LogP contribution in [-0.2, 0) is 12.8 Å². The number of halogens is 1. The summed E-state index contributed by atoms with van der Waals surface area (Å²) in [6.07, 6.45) is 7.28. The van der Waals surface area contributed by atoms with Crippen LogP contribution in [0.2, 0.25) is 0 Å². The minimum Gasteiger partial charge on any atom is -0.369 e. The van der Waals surface area contributed by atoms with E-state index in [1.165, 1.54) is 54.8 Å². The van der Waals surface area contributed by atoms with E-state index in [1.54, 1.807) is 0 Å². The number of aromatic nitrogens is 1. The van der Waals surface area contributed by atoms with E-state index in [1.807, 2.05) is 12.1 Å². The Balaban J connectivity index is 1.79. The van der Waals surface area contributed by atoms with Gasteiger partial charge >= 0.3 is 0 Å². The van der Waals surface area contributed by atoms with Crippen molar-refractivity contribution >= 4 is 5.69 Å². The van der Waals surface area contributed by atoms with E-state index in [-0.39, 0.29) is 5.82 Å². The normalized spacial score (nSPS) is 18.4. The van der Waals surface area contributed by atoms with Gasteiger partial charge in [-0.3, -0.25) is 4.98 Å². The van der Waals surface area contributed by atoms with E-state index < -0.39 is 0 Å². The Bertz CT molecular complexity index is 721. The summed E-state index contributed by atoms with van der Waals surface area (Å²) < 4.78 is 13.3. The number of fused-ring (bicyclic) bond motifs is 1. The summed E-state index contributed by atoms with van der Waals surface area (Å²) >= 11 is 0. The number of benzene rings is 1. The van der Waals surface area contributed by atoms with Gasteiger partial charge in [0.05, 0.1) is 5.69 Å². The van der Waals surface area contributed by atoms with Gasteiger partial charge in [0.15, 0.2) is 0 Å². The minimum absolute atomic E-state index is 0.197. The molecule has 0 spiro atoms. The van der Waals surface area contributed by atoms with Crippen LogP contribution < -0.4 is 10.2 Å². The molecule has 0 bridgehead atoms. The summed E-state index contributed by atoms with van der Waals surface area (Å²) in [5, 5.41) is 3.44. The van der Waals surface area contributed by atoms with Crippen molar-refractivity contribution in [1.82, 2.24) is 10.3 Å². The maximum atomic E-state index is 13.3. The molecular weight excluding hydrogens is 313 g/mol. The van der Waals surface area contributed by atoms with Crippen molar-refractivity contribution in [2.75, 3.05) is 31.1 Å². The molecule has 0 amide bonds. The lowest BCUT2D eigenvalue weighted by molar-refractivity contribution is 0.579. The Kier molecular flexibility index (Phi) is 4.97. The smallest absolute Gasteiger partial charge is 0.123 e. The summed E-state index contributed by atoms with van der Waals surface area (Å²) in [7, 11) is 0. The third kappa shape index (κ3) is 3.69. The number of hydrogen-bond acceptors (Lipinski definition) is 3. The number of aryl methyl sites for hydroxylation is 1. The topological polar surface area (TPSA) is 28.2 Å². The van der Waals surface area contributed by atoms with Gasteiger partial charge in [-0.05, 0) is 61.6 Å². The second-order valence-electron chi connectivity index (χ2n) is 7.11. The van der Waals surface area contributed by atoms with Crippen molar-refractivity contribution < 1.29 is 4.39 Å². The molecule has 2 aromatic rings. The minimum atomic E-state index is -0.197. The van der Waals surface area contributed by atoms with Gasteiger partial charge in [0.2, 0.25) is 0 Å². The average molecular weight is 339 g/mol. The van der Waals surface area contributed by atoms with Gasteiger partial charge in [0, 0.05) is 43.1 Å². The lowest BCUT2D eigenvalue weighted by Gasteiger charge is -2.32. The monoisotopic (exact) mass is 339 g/mol. The third-order valence-corrected chi connectivity index (χ3v) is 5.37. The molecule has 1 N–H and O–H groups in total. The van der Waals surface area contributed by atoms with Gasteiger partial charge in [0.1, 0.15) is 5.82 Å². The van der Waals surface area contributed by atoms with Gasteiger partial charge in [-0.1, -0.05) is 12.8 Å². The van der Waals surface area contributed by atoms with Gasteiger partial charge in [0.25, 0.3) is 0 Å². The summed E-state index contributed by atoms with van der Waals surface area (Å²) in [5.74, 6) is -0.197. The SMILES string of the molecule is Fc1ccc(-c2cc(N3CCNCC3)c3c(n2)CCCCCC3)cc1. The first-order valence-corrected chi connectivity index (χ1v) is 9.56. The highest BCUT2D eigenvalue weighted by atomic mass is 19.1. The molecule has 0 radical (unpaired) electrons. The Morgan fingerprint density at radius 3 is 2.40 bits per heavy atom. The second kappa shape index (κ2) is 7.52. The fourth-order valence-electron chi connectivity index (χ4n) is 3.99. The fourth-order valence-corrected chi connectivity index (χ4v) is 3.99. The van der Waals surface area contributed by atoms with Crippen molar-refractivity contribution in [2.24, 2.45) is 0 Å². The molecule has 0 atom stereocenters. The van der Waals surface area contributed by atoms with Crippen LogP contribution in [0, 0.1) is 5.82 Å². The number of hydrogen-bond donors (Lipinski definition) is 1. The highest BCUT2D eigenvalue weighted by Gasteiger charge is 2.20. The standard InChI is InChI=1S/C21H26FN3/c22-17-9-7-16(8-10-17)20-15-21(25-13-11-23-12-14-25)18-5-3-1-2-4-6-19(18)24-20/h7-10,15,23H,1-6,11-14H2. The number of nitrogens with zero attached hydrogens (tertiary/aromatic N) is 2. The average Bonchev–Trinajstić information content (AvgIpc) is 2.63. The van der Waals surface area contributed by atoms with Crippen LogP contribution in [0.4, 0.5) is 10.1 Å². The Morgan fingerprint density at radius 1 is 0.920 bits per heavy atom. The van der Waals surface area contributed by atoms with Gasteiger partial charge in [-0.2, -0.15) is 0 Å². The highest BCUT2D eigenvalue weighted by Crippen LogP contribution is 2.32. The van der Waals surface area contributed by atoms with Crippen molar-refractivity contribution in [1.29, 1.82) is 0 Å². The quantitative estimate of drug-likeness (QED) is 0.898. The zero-order valence-electron chi connectivity index (χ0n) is 14.7.